The first kappa shape index (κ1) is 9.57. The molecule has 0 aromatic carbocycles. The van der Waals surface area contributed by atoms with Gasteiger partial charge in [-0.25, -0.2) is 0 Å². The maximum absolute atomic E-state index is 9.89. The fraction of sp³-hybridized carbons (Fsp3) is 0.800. The molecule has 68 valence electrons. The van der Waals surface area contributed by atoms with Gasteiger partial charge >= 0.3 is 0 Å². The molecule has 0 amide bonds. The Labute approximate surface area is 74.6 Å². The van der Waals surface area contributed by atoms with E-state index in [1.807, 2.05) is 0 Å². The minimum Gasteiger partial charge on any atom is -0.377 e. The highest BCUT2D eigenvalue weighted by Gasteiger charge is 2.40. The fourth-order valence-corrected chi connectivity index (χ4v) is 2.02. The lowest BCUT2D eigenvalue weighted by Crippen LogP contribution is -3.17. The van der Waals surface area contributed by atoms with E-state index in [0.717, 1.165) is 12.8 Å². The van der Waals surface area contributed by atoms with Crippen LogP contribution in [0.5, 0.6) is 0 Å². The summed E-state index contributed by atoms with van der Waals surface area (Å²) in [7, 11) is 2.16. The van der Waals surface area contributed by atoms with E-state index in [9.17, 15) is 5.11 Å². The summed E-state index contributed by atoms with van der Waals surface area (Å²) in [6, 6.07) is 0.907. The second kappa shape index (κ2) is 3.08. The molecule has 1 rings (SSSR count). The van der Waals surface area contributed by atoms with Crippen molar-refractivity contribution in [3.05, 3.63) is 0 Å². The fourth-order valence-electron chi connectivity index (χ4n) is 2.02. The molecule has 2 unspecified atom stereocenters. The Kier molecular flexibility index (Phi) is 2.46. The molecule has 2 nitrogen and oxygen atoms in total. The first-order chi connectivity index (χ1) is 5.48. The van der Waals surface area contributed by atoms with Crippen LogP contribution in [0.4, 0.5) is 0 Å². The van der Waals surface area contributed by atoms with E-state index in [1.54, 1.807) is 0 Å². The number of likely N-dealkylation sites (tertiary alicyclic amines) is 1. The highest BCUT2D eigenvalue weighted by molar-refractivity contribution is 5.09. The number of hydrogen-bond donors (Lipinski definition) is 2. The Morgan fingerprint density at radius 3 is 2.17 bits per heavy atom. The topological polar surface area (TPSA) is 24.7 Å². The first-order valence-corrected chi connectivity index (χ1v) is 4.52. The molecule has 1 aliphatic heterocycles. The average molecular weight is 168 g/mol. The summed E-state index contributed by atoms with van der Waals surface area (Å²) in [6.45, 7) is 4.26. The molecule has 0 saturated carbocycles. The summed E-state index contributed by atoms with van der Waals surface area (Å²) in [5.74, 6) is 2.50. The predicted octanol–water partition coefficient (Wildman–Crippen LogP) is -0.564. The molecule has 2 heteroatoms. The molecule has 0 aromatic heterocycles. The van der Waals surface area contributed by atoms with E-state index in [0.29, 0.717) is 12.1 Å². The number of rotatable bonds is 0. The van der Waals surface area contributed by atoms with Crippen molar-refractivity contribution >= 4 is 0 Å². The zero-order chi connectivity index (χ0) is 9.35. The minimum atomic E-state index is -0.849. The monoisotopic (exact) mass is 168 g/mol. The third kappa shape index (κ3) is 1.63. The van der Waals surface area contributed by atoms with Gasteiger partial charge in [0.15, 0.2) is 0 Å². The van der Waals surface area contributed by atoms with E-state index in [-0.39, 0.29) is 0 Å². The van der Waals surface area contributed by atoms with Crippen molar-refractivity contribution in [2.24, 2.45) is 0 Å². The minimum absolute atomic E-state index is 0.454. The average Bonchev–Trinajstić information content (AvgIpc) is 2.00. The van der Waals surface area contributed by atoms with Crippen molar-refractivity contribution < 1.29 is 10.0 Å². The van der Waals surface area contributed by atoms with E-state index in [1.165, 1.54) is 4.90 Å². The molecule has 2 N–H and O–H groups in total. The Balaban J connectivity index is 2.73. The van der Waals surface area contributed by atoms with Crippen LogP contribution in [-0.4, -0.2) is 29.8 Å². The van der Waals surface area contributed by atoms with Gasteiger partial charge in [-0.05, 0) is 13.8 Å². The molecular weight excluding hydrogens is 150 g/mol. The van der Waals surface area contributed by atoms with Crippen molar-refractivity contribution in [2.75, 3.05) is 7.05 Å². The van der Waals surface area contributed by atoms with Gasteiger partial charge in [0.2, 0.25) is 0 Å². The van der Waals surface area contributed by atoms with Crippen molar-refractivity contribution in [1.82, 2.24) is 0 Å². The van der Waals surface area contributed by atoms with Crippen LogP contribution >= 0.6 is 0 Å². The lowest BCUT2D eigenvalue weighted by Gasteiger charge is -2.39. The van der Waals surface area contributed by atoms with Gasteiger partial charge in [0.25, 0.3) is 0 Å². The maximum Gasteiger partial charge on any atom is 0.136 e. The summed E-state index contributed by atoms with van der Waals surface area (Å²) in [5, 5.41) is 9.89. The van der Waals surface area contributed by atoms with Crippen LogP contribution in [0, 0.1) is 12.3 Å². The predicted molar refractivity (Wildman–Crippen MR) is 48.8 cm³/mol. The number of piperidine rings is 1. The highest BCUT2D eigenvalue weighted by Crippen LogP contribution is 2.20. The van der Waals surface area contributed by atoms with E-state index in [4.69, 9.17) is 6.42 Å². The van der Waals surface area contributed by atoms with Gasteiger partial charge in [-0.3, -0.25) is 0 Å². The van der Waals surface area contributed by atoms with Gasteiger partial charge in [-0.1, -0.05) is 5.92 Å². The highest BCUT2D eigenvalue weighted by atomic mass is 16.3. The van der Waals surface area contributed by atoms with Crippen LogP contribution in [0.1, 0.15) is 26.7 Å². The van der Waals surface area contributed by atoms with Crippen LogP contribution in [0.2, 0.25) is 0 Å². The van der Waals surface area contributed by atoms with E-state index >= 15 is 0 Å². The molecule has 0 spiro atoms. The number of hydrogen-bond acceptors (Lipinski definition) is 1. The molecule has 0 aromatic rings. The maximum atomic E-state index is 9.89. The number of aliphatic hydroxyl groups is 1. The zero-order valence-electron chi connectivity index (χ0n) is 8.09. The van der Waals surface area contributed by atoms with Crippen LogP contribution in [0.25, 0.3) is 0 Å². The second-order valence-electron chi connectivity index (χ2n) is 4.13. The largest absolute Gasteiger partial charge is 0.377 e. The molecule has 0 radical (unpaired) electrons. The van der Waals surface area contributed by atoms with Crippen LogP contribution in [0.15, 0.2) is 0 Å². The Hall–Kier alpha value is -0.520. The summed E-state index contributed by atoms with van der Waals surface area (Å²) in [5.41, 5.74) is -0.849. The Bertz CT molecular complexity index is 194. The van der Waals surface area contributed by atoms with Gasteiger partial charge in [0, 0.05) is 12.8 Å². The lowest BCUT2D eigenvalue weighted by molar-refractivity contribution is -0.934. The SMILES string of the molecule is C#CC1(O)C[C@@H](C)[NH+](C)[C@@H](C)C1. The van der Waals surface area contributed by atoms with Gasteiger partial charge in [0.1, 0.15) is 5.60 Å². The summed E-state index contributed by atoms with van der Waals surface area (Å²) in [6.07, 6.45) is 6.74. The third-order valence-corrected chi connectivity index (χ3v) is 3.11. The Morgan fingerprint density at radius 1 is 1.42 bits per heavy atom. The molecule has 1 fully saturated rings. The molecular formula is C10H18NO+. The van der Waals surface area contributed by atoms with Crippen LogP contribution < -0.4 is 4.90 Å². The Morgan fingerprint density at radius 2 is 1.83 bits per heavy atom. The molecule has 0 bridgehead atoms. The molecule has 1 heterocycles. The van der Waals surface area contributed by atoms with E-state index in [2.05, 4.69) is 26.8 Å². The molecule has 12 heavy (non-hydrogen) atoms. The standard InChI is InChI=1S/C10H17NO/c1-5-10(12)6-8(2)11(4)9(3)7-10/h1,8-9,12H,6-7H2,2-4H3/p+1/t8-,9+,10?. The summed E-state index contributed by atoms with van der Waals surface area (Å²) in [4.78, 5) is 1.47. The van der Waals surface area contributed by atoms with E-state index < -0.39 is 5.60 Å². The van der Waals surface area contributed by atoms with Crippen molar-refractivity contribution in [3.63, 3.8) is 0 Å². The summed E-state index contributed by atoms with van der Waals surface area (Å²) >= 11 is 0. The van der Waals surface area contributed by atoms with Crippen molar-refractivity contribution in [1.29, 1.82) is 0 Å². The van der Waals surface area contributed by atoms with Crippen LogP contribution in [-0.2, 0) is 0 Å². The summed E-state index contributed by atoms with van der Waals surface area (Å²) < 4.78 is 0. The molecule has 1 aliphatic rings. The van der Waals surface area contributed by atoms with Crippen molar-refractivity contribution in [2.45, 2.75) is 44.4 Å². The quantitative estimate of drug-likeness (QED) is 0.465. The van der Waals surface area contributed by atoms with Crippen molar-refractivity contribution in [3.8, 4) is 12.3 Å². The normalized spacial score (nSPS) is 48.4. The molecule has 0 aliphatic carbocycles. The van der Waals surface area contributed by atoms with Gasteiger partial charge in [-0.15, -0.1) is 6.42 Å². The second-order valence-corrected chi connectivity index (χ2v) is 4.13. The number of nitrogens with one attached hydrogen (secondary N) is 1. The lowest BCUT2D eigenvalue weighted by atomic mass is 9.84. The smallest absolute Gasteiger partial charge is 0.136 e. The van der Waals surface area contributed by atoms with Gasteiger partial charge in [-0.2, -0.15) is 0 Å². The third-order valence-electron chi connectivity index (χ3n) is 3.11. The zero-order valence-corrected chi connectivity index (χ0v) is 8.09. The molecule has 1 saturated heterocycles. The number of terminal acetylenes is 1. The van der Waals surface area contributed by atoms with Gasteiger partial charge < -0.3 is 10.0 Å². The molecule has 4 atom stereocenters. The van der Waals surface area contributed by atoms with Gasteiger partial charge in [0.05, 0.1) is 19.1 Å². The first-order valence-electron chi connectivity index (χ1n) is 4.52. The van der Waals surface area contributed by atoms with Crippen LogP contribution in [0.3, 0.4) is 0 Å². The number of quaternary nitrogens is 1.